The van der Waals surface area contributed by atoms with Crippen molar-refractivity contribution in [3.63, 3.8) is 0 Å². The van der Waals surface area contributed by atoms with Crippen LogP contribution in [0.3, 0.4) is 0 Å². The van der Waals surface area contributed by atoms with Crippen molar-refractivity contribution in [2.45, 2.75) is 13.5 Å². The Labute approximate surface area is 114 Å². The Bertz CT molecular complexity index is 415. The molecule has 1 N–H and O–H groups in total. The molecule has 0 bridgehead atoms. The van der Waals surface area contributed by atoms with Gasteiger partial charge in [-0.15, -0.1) is 0 Å². The fourth-order valence-electron chi connectivity index (χ4n) is 1.76. The van der Waals surface area contributed by atoms with Gasteiger partial charge in [-0.25, -0.2) is 0 Å². The summed E-state index contributed by atoms with van der Waals surface area (Å²) in [5, 5.41) is 12.4. The Balaban J connectivity index is 2.51. The van der Waals surface area contributed by atoms with Crippen LogP contribution in [0.15, 0.2) is 18.2 Å². The van der Waals surface area contributed by atoms with E-state index in [0.29, 0.717) is 17.2 Å². The summed E-state index contributed by atoms with van der Waals surface area (Å²) in [7, 11) is 1.58. The van der Waals surface area contributed by atoms with Crippen molar-refractivity contribution in [2.24, 2.45) is 5.92 Å². The van der Waals surface area contributed by atoms with Crippen molar-refractivity contribution >= 4 is 11.8 Å². The second-order valence-electron chi connectivity index (χ2n) is 4.34. The van der Waals surface area contributed by atoms with Crippen LogP contribution in [0.25, 0.3) is 0 Å². The van der Waals surface area contributed by atoms with Crippen molar-refractivity contribution in [3.8, 4) is 11.8 Å². The van der Waals surface area contributed by atoms with E-state index < -0.39 is 0 Å². The maximum absolute atomic E-state index is 9.00. The fraction of sp³-hybridized carbons (Fsp3) is 0.500. The lowest BCUT2D eigenvalue weighted by Gasteiger charge is -2.11. The van der Waals surface area contributed by atoms with Gasteiger partial charge in [0.25, 0.3) is 0 Å². The van der Waals surface area contributed by atoms with Gasteiger partial charge in [0.05, 0.1) is 12.7 Å². The van der Waals surface area contributed by atoms with Crippen LogP contribution in [0.2, 0.25) is 0 Å². The topological polar surface area (TPSA) is 45.0 Å². The number of nitrogens with one attached hydrogen (secondary N) is 1. The molecule has 0 aliphatic rings. The first-order chi connectivity index (χ1) is 8.71. The lowest BCUT2D eigenvalue weighted by Crippen LogP contribution is -2.22. The zero-order valence-electron chi connectivity index (χ0n) is 11.2. The zero-order valence-corrected chi connectivity index (χ0v) is 12.0. The summed E-state index contributed by atoms with van der Waals surface area (Å²) in [5.74, 6) is 2.46. The summed E-state index contributed by atoms with van der Waals surface area (Å²) in [4.78, 5) is 0. The molecule has 0 fully saturated rings. The zero-order chi connectivity index (χ0) is 13.4. The van der Waals surface area contributed by atoms with Crippen molar-refractivity contribution in [3.05, 3.63) is 29.3 Å². The Kier molecular flexibility index (Phi) is 6.63. The maximum atomic E-state index is 9.00. The largest absolute Gasteiger partial charge is 0.495 e. The first kappa shape index (κ1) is 14.9. The van der Waals surface area contributed by atoms with Crippen molar-refractivity contribution in [1.29, 1.82) is 5.26 Å². The van der Waals surface area contributed by atoms with E-state index in [1.54, 1.807) is 7.11 Å². The van der Waals surface area contributed by atoms with Crippen LogP contribution in [0.5, 0.6) is 5.75 Å². The molecule has 0 saturated carbocycles. The third-order valence-electron chi connectivity index (χ3n) is 2.66. The molecule has 1 rings (SSSR count). The summed E-state index contributed by atoms with van der Waals surface area (Å²) in [6.45, 7) is 4.02. The molecule has 18 heavy (non-hydrogen) atoms. The number of hydrogen-bond donors (Lipinski definition) is 1. The van der Waals surface area contributed by atoms with E-state index in [1.165, 1.54) is 5.75 Å². The van der Waals surface area contributed by atoms with E-state index in [4.69, 9.17) is 10.00 Å². The van der Waals surface area contributed by atoms with Gasteiger partial charge in [0.1, 0.15) is 11.8 Å². The number of nitrogens with zero attached hydrogens (tertiary/aromatic N) is 1. The highest BCUT2D eigenvalue weighted by Gasteiger charge is 2.04. The van der Waals surface area contributed by atoms with Gasteiger partial charge in [-0.1, -0.05) is 13.0 Å². The normalized spacial score (nSPS) is 11.9. The SMILES string of the molecule is COc1ccc(CNCC(C)CSC)cc1C#N. The summed E-state index contributed by atoms with van der Waals surface area (Å²) < 4.78 is 5.12. The number of rotatable bonds is 7. The quantitative estimate of drug-likeness (QED) is 0.822. The molecule has 0 amide bonds. The van der Waals surface area contributed by atoms with E-state index in [1.807, 2.05) is 30.0 Å². The molecule has 0 aromatic heterocycles. The van der Waals surface area contributed by atoms with E-state index in [2.05, 4.69) is 24.6 Å². The Morgan fingerprint density at radius 3 is 2.89 bits per heavy atom. The van der Waals surface area contributed by atoms with Gasteiger partial charge >= 0.3 is 0 Å². The Hall–Kier alpha value is -1.18. The molecule has 0 saturated heterocycles. The van der Waals surface area contributed by atoms with Crippen molar-refractivity contribution < 1.29 is 4.74 Å². The highest BCUT2D eigenvalue weighted by atomic mass is 32.2. The van der Waals surface area contributed by atoms with Crippen LogP contribution in [-0.2, 0) is 6.54 Å². The second kappa shape index (κ2) is 8.02. The van der Waals surface area contributed by atoms with Crippen LogP contribution < -0.4 is 10.1 Å². The fourth-order valence-corrected chi connectivity index (χ4v) is 2.45. The van der Waals surface area contributed by atoms with E-state index in [0.717, 1.165) is 18.7 Å². The average Bonchev–Trinajstić information content (AvgIpc) is 2.38. The summed E-state index contributed by atoms with van der Waals surface area (Å²) >= 11 is 1.87. The molecule has 98 valence electrons. The number of hydrogen-bond acceptors (Lipinski definition) is 4. The van der Waals surface area contributed by atoms with Crippen LogP contribution in [-0.4, -0.2) is 25.7 Å². The van der Waals surface area contributed by atoms with Gasteiger partial charge in [-0.05, 0) is 42.2 Å². The molecule has 1 atom stereocenters. The Morgan fingerprint density at radius 1 is 1.50 bits per heavy atom. The number of benzene rings is 1. The summed E-state index contributed by atoms with van der Waals surface area (Å²) in [6.07, 6.45) is 2.12. The predicted molar refractivity (Wildman–Crippen MR) is 77.0 cm³/mol. The van der Waals surface area contributed by atoms with E-state index in [9.17, 15) is 0 Å². The highest BCUT2D eigenvalue weighted by molar-refractivity contribution is 7.98. The maximum Gasteiger partial charge on any atom is 0.136 e. The van der Waals surface area contributed by atoms with Crippen molar-refractivity contribution in [1.82, 2.24) is 5.32 Å². The smallest absolute Gasteiger partial charge is 0.136 e. The summed E-state index contributed by atoms with van der Waals surface area (Å²) in [5.41, 5.74) is 1.71. The molecule has 1 aromatic carbocycles. The van der Waals surface area contributed by atoms with Gasteiger partial charge in [-0.3, -0.25) is 0 Å². The molecule has 0 heterocycles. The minimum atomic E-state index is 0.592. The van der Waals surface area contributed by atoms with Crippen LogP contribution in [0, 0.1) is 17.2 Å². The lowest BCUT2D eigenvalue weighted by molar-refractivity contribution is 0.413. The third-order valence-corrected chi connectivity index (χ3v) is 3.56. The van der Waals surface area contributed by atoms with Crippen molar-refractivity contribution in [2.75, 3.05) is 25.7 Å². The standard InChI is InChI=1S/C14H20N2OS/c1-11(10-18-3)8-16-9-12-4-5-14(17-2)13(6-12)7-15/h4-6,11,16H,8-10H2,1-3H3. The number of thioether (sulfide) groups is 1. The first-order valence-electron chi connectivity index (χ1n) is 5.98. The summed E-state index contributed by atoms with van der Waals surface area (Å²) in [6, 6.07) is 7.87. The van der Waals surface area contributed by atoms with Gasteiger partial charge in [0.15, 0.2) is 0 Å². The average molecular weight is 264 g/mol. The van der Waals surface area contributed by atoms with Gasteiger partial charge in [0.2, 0.25) is 0 Å². The molecule has 0 aliphatic heterocycles. The number of ether oxygens (including phenoxy) is 1. The number of nitriles is 1. The van der Waals surface area contributed by atoms with Gasteiger partial charge in [0, 0.05) is 6.54 Å². The molecule has 3 nitrogen and oxygen atoms in total. The van der Waals surface area contributed by atoms with Gasteiger partial charge < -0.3 is 10.1 Å². The predicted octanol–water partition coefficient (Wildman–Crippen LogP) is 2.66. The minimum absolute atomic E-state index is 0.592. The third kappa shape index (κ3) is 4.59. The molecular formula is C14H20N2OS. The molecule has 0 spiro atoms. The van der Waals surface area contributed by atoms with Crippen LogP contribution >= 0.6 is 11.8 Å². The van der Waals surface area contributed by atoms with Gasteiger partial charge in [-0.2, -0.15) is 17.0 Å². The van der Waals surface area contributed by atoms with Crippen LogP contribution in [0.4, 0.5) is 0 Å². The highest BCUT2D eigenvalue weighted by Crippen LogP contribution is 2.18. The monoisotopic (exact) mass is 264 g/mol. The first-order valence-corrected chi connectivity index (χ1v) is 7.37. The molecule has 0 aliphatic carbocycles. The van der Waals surface area contributed by atoms with E-state index >= 15 is 0 Å². The molecule has 1 aromatic rings. The molecule has 0 radical (unpaired) electrons. The molecule has 4 heteroatoms. The van der Waals surface area contributed by atoms with E-state index in [-0.39, 0.29) is 0 Å². The number of methoxy groups -OCH3 is 1. The Morgan fingerprint density at radius 2 is 2.28 bits per heavy atom. The second-order valence-corrected chi connectivity index (χ2v) is 5.25. The molecule has 1 unspecified atom stereocenters. The lowest BCUT2D eigenvalue weighted by atomic mass is 10.1. The molecular weight excluding hydrogens is 244 g/mol. The minimum Gasteiger partial charge on any atom is -0.495 e. The van der Waals surface area contributed by atoms with Crippen LogP contribution in [0.1, 0.15) is 18.1 Å².